The van der Waals surface area contributed by atoms with E-state index in [0.29, 0.717) is 0 Å². The first-order valence-electron chi connectivity index (χ1n) is 7.56. The molecule has 0 spiro atoms. The third kappa shape index (κ3) is 5.17. The number of nitrogens with one attached hydrogen (secondary N) is 2. The molecule has 0 aliphatic carbocycles. The lowest BCUT2D eigenvalue weighted by atomic mass is 10.1. The molecule has 0 aliphatic heterocycles. The molecule has 1 rings (SSSR count). The summed E-state index contributed by atoms with van der Waals surface area (Å²) in [6.07, 6.45) is 0. The van der Waals surface area contributed by atoms with Crippen LogP contribution in [0.2, 0.25) is 0 Å². The van der Waals surface area contributed by atoms with Gasteiger partial charge in [0.25, 0.3) is 5.91 Å². The number of sulfonamides is 1. The van der Waals surface area contributed by atoms with Crippen LogP contribution in [0.25, 0.3) is 0 Å². The van der Waals surface area contributed by atoms with Crippen molar-refractivity contribution in [2.45, 2.75) is 44.2 Å². The number of hydrogen-bond donors (Lipinski definition) is 2. The zero-order valence-corrected chi connectivity index (χ0v) is 16.0. The third-order valence-corrected chi connectivity index (χ3v) is 4.91. The normalized spacial score (nSPS) is 12.0. The minimum absolute atomic E-state index is 0.0712. The van der Waals surface area contributed by atoms with Gasteiger partial charge in [0, 0.05) is 11.6 Å². The van der Waals surface area contributed by atoms with E-state index in [-0.39, 0.29) is 22.3 Å². The first-order chi connectivity index (χ1) is 11.4. The number of carbonyl (C=O) groups excluding carboxylic acids is 2. The Kier molecular flexibility index (Phi) is 6.55. The molecule has 0 unspecified atom stereocenters. The van der Waals surface area contributed by atoms with Crippen LogP contribution in [0, 0.1) is 0 Å². The number of esters is 1. The quantitative estimate of drug-likeness (QED) is 0.693. The van der Waals surface area contributed by atoms with Crippen LogP contribution in [-0.2, 0) is 19.6 Å². The Labute approximate surface area is 147 Å². The summed E-state index contributed by atoms with van der Waals surface area (Å²) in [5.41, 5.74) is -1.19. The zero-order valence-electron chi connectivity index (χ0n) is 15.2. The van der Waals surface area contributed by atoms with Gasteiger partial charge in [0.1, 0.15) is 16.2 Å². The molecule has 25 heavy (non-hydrogen) atoms. The van der Waals surface area contributed by atoms with E-state index >= 15 is 0 Å². The molecular weight excluding hydrogens is 348 g/mol. The molecule has 1 aromatic rings. The van der Waals surface area contributed by atoms with Crippen molar-refractivity contribution in [2.24, 2.45) is 0 Å². The number of benzene rings is 1. The van der Waals surface area contributed by atoms with Crippen molar-refractivity contribution in [1.82, 2.24) is 10.0 Å². The smallest absolute Gasteiger partial charge is 0.330 e. The predicted molar refractivity (Wildman–Crippen MR) is 92.0 cm³/mol. The van der Waals surface area contributed by atoms with Crippen molar-refractivity contribution >= 4 is 21.9 Å². The lowest BCUT2D eigenvalue weighted by molar-refractivity contribution is -0.146. The highest BCUT2D eigenvalue weighted by atomic mass is 32.2. The van der Waals surface area contributed by atoms with Crippen LogP contribution in [0.4, 0.5) is 0 Å². The Balaban J connectivity index is 3.25. The largest absolute Gasteiger partial charge is 0.495 e. The van der Waals surface area contributed by atoms with E-state index in [0.717, 1.165) is 0 Å². The van der Waals surface area contributed by atoms with Crippen molar-refractivity contribution in [3.63, 3.8) is 0 Å². The molecular formula is C16H24N2O6S. The second-order valence-electron chi connectivity index (χ2n) is 6.21. The maximum Gasteiger partial charge on any atom is 0.330 e. The molecule has 0 heterocycles. The molecule has 8 nitrogen and oxygen atoms in total. The molecule has 0 saturated carbocycles. The Bertz CT molecular complexity index is 756. The zero-order chi connectivity index (χ0) is 19.4. The Morgan fingerprint density at radius 1 is 1.16 bits per heavy atom. The standard InChI is InChI=1S/C16H24N2O6S/c1-10(2)18-25(21,22)13-9-11(7-8-12(13)23-5)14(19)17-16(3,4)15(20)24-6/h7-10,18H,1-6H3,(H,17,19). The van der Waals surface area contributed by atoms with Gasteiger partial charge >= 0.3 is 5.97 Å². The summed E-state index contributed by atoms with van der Waals surface area (Å²) in [5, 5.41) is 2.51. The molecule has 0 atom stereocenters. The molecule has 0 bridgehead atoms. The van der Waals surface area contributed by atoms with Crippen molar-refractivity contribution in [3.05, 3.63) is 23.8 Å². The number of carbonyl (C=O) groups is 2. The van der Waals surface area contributed by atoms with Crippen LogP contribution in [0.5, 0.6) is 5.75 Å². The van der Waals surface area contributed by atoms with E-state index in [4.69, 9.17) is 4.74 Å². The van der Waals surface area contributed by atoms with Gasteiger partial charge in [0.05, 0.1) is 14.2 Å². The van der Waals surface area contributed by atoms with Crippen molar-refractivity contribution in [3.8, 4) is 5.75 Å². The van der Waals surface area contributed by atoms with Crippen molar-refractivity contribution in [1.29, 1.82) is 0 Å². The first-order valence-corrected chi connectivity index (χ1v) is 9.04. The highest BCUT2D eigenvalue weighted by Crippen LogP contribution is 2.25. The molecule has 2 N–H and O–H groups in total. The van der Waals surface area contributed by atoms with Crippen LogP contribution in [0.3, 0.4) is 0 Å². The van der Waals surface area contributed by atoms with Gasteiger partial charge in [0.15, 0.2) is 0 Å². The molecule has 0 aromatic heterocycles. The highest BCUT2D eigenvalue weighted by molar-refractivity contribution is 7.89. The Hall–Kier alpha value is -2.13. The predicted octanol–water partition coefficient (Wildman–Crippen LogP) is 1.06. The molecule has 0 radical (unpaired) electrons. The van der Waals surface area contributed by atoms with Crippen molar-refractivity contribution < 1.29 is 27.5 Å². The second kappa shape index (κ2) is 7.83. The van der Waals surface area contributed by atoms with E-state index in [1.54, 1.807) is 13.8 Å². The van der Waals surface area contributed by atoms with E-state index in [1.165, 1.54) is 46.3 Å². The van der Waals surface area contributed by atoms with E-state index in [9.17, 15) is 18.0 Å². The second-order valence-corrected chi connectivity index (χ2v) is 7.89. The average molecular weight is 372 g/mol. The summed E-state index contributed by atoms with van der Waals surface area (Å²) in [7, 11) is -1.32. The highest BCUT2D eigenvalue weighted by Gasteiger charge is 2.31. The van der Waals surface area contributed by atoms with Crippen LogP contribution in [0.15, 0.2) is 23.1 Å². The van der Waals surface area contributed by atoms with Crippen LogP contribution < -0.4 is 14.8 Å². The number of methoxy groups -OCH3 is 2. The fourth-order valence-electron chi connectivity index (χ4n) is 2.06. The molecule has 9 heteroatoms. The Morgan fingerprint density at radius 2 is 1.76 bits per heavy atom. The van der Waals surface area contributed by atoms with Gasteiger partial charge in [-0.15, -0.1) is 0 Å². The molecule has 0 fully saturated rings. The summed E-state index contributed by atoms with van der Waals surface area (Å²) in [6, 6.07) is 3.67. The van der Waals surface area contributed by atoms with Gasteiger partial charge < -0.3 is 14.8 Å². The lowest BCUT2D eigenvalue weighted by Crippen LogP contribution is -2.50. The number of hydrogen-bond acceptors (Lipinski definition) is 6. The minimum atomic E-state index is -3.87. The molecule has 1 amide bonds. The topological polar surface area (TPSA) is 111 Å². The maximum absolute atomic E-state index is 12.4. The van der Waals surface area contributed by atoms with Gasteiger partial charge in [-0.25, -0.2) is 17.9 Å². The molecule has 1 aromatic carbocycles. The van der Waals surface area contributed by atoms with E-state index in [1.807, 2.05) is 0 Å². The summed E-state index contributed by atoms with van der Waals surface area (Å²) in [6.45, 7) is 6.33. The Morgan fingerprint density at radius 3 is 2.24 bits per heavy atom. The van der Waals surface area contributed by atoms with E-state index in [2.05, 4.69) is 14.8 Å². The summed E-state index contributed by atoms with van der Waals surface area (Å²) in [4.78, 5) is 23.9. The van der Waals surface area contributed by atoms with Crippen LogP contribution in [0.1, 0.15) is 38.1 Å². The number of ether oxygens (including phenoxy) is 2. The number of amides is 1. The first kappa shape index (κ1) is 20.9. The summed E-state index contributed by atoms with van der Waals surface area (Å²) >= 11 is 0. The van der Waals surface area contributed by atoms with Crippen LogP contribution in [-0.4, -0.2) is 46.1 Å². The molecule has 0 aliphatic rings. The summed E-state index contributed by atoms with van der Waals surface area (Å²) < 4.78 is 37.0. The maximum atomic E-state index is 12.4. The molecule has 0 saturated heterocycles. The fourth-order valence-corrected chi connectivity index (χ4v) is 3.51. The summed E-state index contributed by atoms with van der Waals surface area (Å²) in [5.74, 6) is -1.13. The number of rotatable bonds is 7. The van der Waals surface area contributed by atoms with Gasteiger partial charge in [-0.2, -0.15) is 0 Å². The fraction of sp³-hybridized carbons (Fsp3) is 0.500. The van der Waals surface area contributed by atoms with Crippen molar-refractivity contribution in [2.75, 3.05) is 14.2 Å². The third-order valence-electron chi connectivity index (χ3n) is 3.23. The lowest BCUT2D eigenvalue weighted by Gasteiger charge is -2.23. The van der Waals surface area contributed by atoms with E-state index < -0.39 is 27.4 Å². The minimum Gasteiger partial charge on any atom is -0.495 e. The average Bonchev–Trinajstić information content (AvgIpc) is 2.51. The van der Waals surface area contributed by atoms with Gasteiger partial charge in [-0.1, -0.05) is 0 Å². The SMILES string of the molecule is COC(=O)C(C)(C)NC(=O)c1ccc(OC)c(S(=O)(=O)NC(C)C)c1. The van der Waals surface area contributed by atoms with Gasteiger partial charge in [-0.05, 0) is 45.9 Å². The van der Waals surface area contributed by atoms with Crippen LogP contribution >= 0.6 is 0 Å². The van der Waals surface area contributed by atoms with Gasteiger partial charge in [0.2, 0.25) is 10.0 Å². The molecule has 140 valence electrons. The van der Waals surface area contributed by atoms with Gasteiger partial charge in [-0.3, -0.25) is 4.79 Å². The monoisotopic (exact) mass is 372 g/mol.